The number of pyridine rings is 1. The highest BCUT2D eigenvalue weighted by Gasteiger charge is 2.26. The van der Waals surface area contributed by atoms with Crippen LogP contribution in [0.3, 0.4) is 0 Å². The van der Waals surface area contributed by atoms with Gasteiger partial charge in [0.05, 0.1) is 19.1 Å². The average molecular weight is 358 g/mol. The van der Waals surface area contributed by atoms with E-state index in [2.05, 4.69) is 19.9 Å². The Morgan fingerprint density at radius 2 is 1.96 bits per heavy atom. The molecule has 2 aromatic rings. The molecule has 0 saturated heterocycles. The number of rotatable bonds is 6. The SMILES string of the molecule is C.Cc1ccc2nc(NC(=O)CCOC3CCCC3)n(C3CCC3)c2n1. The molecule has 0 aliphatic heterocycles. The second-order valence-corrected chi connectivity index (χ2v) is 7.26. The maximum atomic E-state index is 12.3. The minimum Gasteiger partial charge on any atom is -0.378 e. The molecule has 0 bridgehead atoms. The number of aromatic nitrogens is 3. The molecular formula is C20H30N4O2. The maximum absolute atomic E-state index is 12.3. The van der Waals surface area contributed by atoms with E-state index in [4.69, 9.17) is 4.74 Å². The number of amides is 1. The van der Waals surface area contributed by atoms with Crippen molar-refractivity contribution >= 4 is 23.0 Å². The van der Waals surface area contributed by atoms with Crippen molar-refractivity contribution in [2.24, 2.45) is 0 Å². The molecule has 0 atom stereocenters. The van der Waals surface area contributed by atoms with Gasteiger partial charge in [0, 0.05) is 11.7 Å². The van der Waals surface area contributed by atoms with Crippen molar-refractivity contribution in [3.63, 3.8) is 0 Å². The Morgan fingerprint density at radius 3 is 2.65 bits per heavy atom. The number of anilines is 1. The van der Waals surface area contributed by atoms with Gasteiger partial charge in [-0.3, -0.25) is 14.7 Å². The normalized spacial score (nSPS) is 17.9. The first kappa shape index (κ1) is 18.8. The van der Waals surface area contributed by atoms with Crippen molar-refractivity contribution in [3.8, 4) is 0 Å². The van der Waals surface area contributed by atoms with Crippen LogP contribution in [0.5, 0.6) is 0 Å². The summed E-state index contributed by atoms with van der Waals surface area (Å²) in [5.41, 5.74) is 2.69. The smallest absolute Gasteiger partial charge is 0.229 e. The second-order valence-electron chi connectivity index (χ2n) is 7.26. The predicted molar refractivity (Wildman–Crippen MR) is 103 cm³/mol. The van der Waals surface area contributed by atoms with Gasteiger partial charge in [0.2, 0.25) is 11.9 Å². The highest BCUT2D eigenvalue weighted by atomic mass is 16.5. The van der Waals surface area contributed by atoms with E-state index in [-0.39, 0.29) is 13.3 Å². The quantitative estimate of drug-likeness (QED) is 0.831. The Hall–Kier alpha value is -1.95. The summed E-state index contributed by atoms with van der Waals surface area (Å²) in [7, 11) is 0. The van der Waals surface area contributed by atoms with Gasteiger partial charge in [-0.2, -0.15) is 0 Å². The van der Waals surface area contributed by atoms with Crippen molar-refractivity contribution in [2.75, 3.05) is 11.9 Å². The lowest BCUT2D eigenvalue weighted by Crippen LogP contribution is -2.23. The second kappa shape index (κ2) is 8.16. The zero-order chi connectivity index (χ0) is 17.2. The number of aryl methyl sites for hydroxylation is 1. The summed E-state index contributed by atoms with van der Waals surface area (Å²) < 4.78 is 7.91. The van der Waals surface area contributed by atoms with E-state index in [1.807, 2.05) is 19.1 Å². The molecule has 1 N–H and O–H groups in total. The van der Waals surface area contributed by atoms with Gasteiger partial charge >= 0.3 is 0 Å². The molecular weight excluding hydrogens is 328 g/mol. The first-order valence-electron chi connectivity index (χ1n) is 9.48. The van der Waals surface area contributed by atoms with Gasteiger partial charge < -0.3 is 4.74 Å². The number of ether oxygens (including phenoxy) is 1. The van der Waals surface area contributed by atoms with E-state index < -0.39 is 0 Å². The Balaban J connectivity index is 0.00000196. The summed E-state index contributed by atoms with van der Waals surface area (Å²) in [6, 6.07) is 4.33. The van der Waals surface area contributed by atoms with Crippen molar-refractivity contribution in [2.45, 2.75) is 77.9 Å². The molecule has 2 aromatic heterocycles. The molecule has 6 nitrogen and oxygen atoms in total. The van der Waals surface area contributed by atoms with Gasteiger partial charge in [0.25, 0.3) is 0 Å². The van der Waals surface area contributed by atoms with E-state index in [0.717, 1.165) is 42.5 Å². The highest BCUT2D eigenvalue weighted by Crippen LogP contribution is 2.36. The standard InChI is InChI=1S/C19H26N4O2.CH4/c1-13-9-10-16-18(20-13)23(14-5-4-6-14)19(21-16)22-17(24)11-12-25-15-7-2-3-8-15;/h9-10,14-15H,2-8,11-12H2,1H3,(H,21,22,24);1H4. The molecule has 0 spiro atoms. The van der Waals surface area contributed by atoms with Crippen LogP contribution < -0.4 is 5.32 Å². The van der Waals surface area contributed by atoms with Gasteiger partial charge in [-0.15, -0.1) is 0 Å². The zero-order valence-electron chi connectivity index (χ0n) is 14.8. The molecule has 2 aliphatic carbocycles. The van der Waals surface area contributed by atoms with Crippen LogP contribution in [0.15, 0.2) is 12.1 Å². The van der Waals surface area contributed by atoms with Crippen LogP contribution >= 0.6 is 0 Å². The third-order valence-electron chi connectivity index (χ3n) is 5.35. The van der Waals surface area contributed by atoms with Crippen molar-refractivity contribution < 1.29 is 9.53 Å². The number of fused-ring (bicyclic) bond motifs is 1. The Kier molecular flexibility index (Phi) is 5.91. The molecule has 6 heteroatoms. The van der Waals surface area contributed by atoms with Crippen LogP contribution in [0.4, 0.5) is 5.95 Å². The van der Waals surface area contributed by atoms with Crippen LogP contribution in [0.25, 0.3) is 11.2 Å². The third kappa shape index (κ3) is 3.90. The molecule has 4 rings (SSSR count). The summed E-state index contributed by atoms with van der Waals surface area (Å²) in [6.07, 6.45) is 8.93. The average Bonchev–Trinajstić information content (AvgIpc) is 3.15. The van der Waals surface area contributed by atoms with E-state index in [0.29, 0.717) is 31.1 Å². The molecule has 1 amide bonds. The monoisotopic (exact) mass is 358 g/mol. The summed E-state index contributed by atoms with van der Waals surface area (Å²) in [6.45, 7) is 2.47. The summed E-state index contributed by atoms with van der Waals surface area (Å²) >= 11 is 0. The Morgan fingerprint density at radius 1 is 1.19 bits per heavy atom. The number of carbonyl (C=O) groups is 1. The lowest BCUT2D eigenvalue weighted by Gasteiger charge is -2.28. The van der Waals surface area contributed by atoms with Crippen molar-refractivity contribution in [3.05, 3.63) is 17.8 Å². The predicted octanol–water partition coefficient (Wildman–Crippen LogP) is 4.39. The van der Waals surface area contributed by atoms with Crippen molar-refractivity contribution in [1.29, 1.82) is 0 Å². The Labute approximate surface area is 155 Å². The fraction of sp³-hybridized carbons (Fsp3) is 0.650. The van der Waals surface area contributed by atoms with Crippen LogP contribution in [0.1, 0.15) is 70.5 Å². The highest BCUT2D eigenvalue weighted by molar-refractivity contribution is 5.91. The van der Waals surface area contributed by atoms with Gasteiger partial charge in [-0.25, -0.2) is 9.97 Å². The number of hydrogen-bond donors (Lipinski definition) is 1. The van der Waals surface area contributed by atoms with Crippen LogP contribution in [0, 0.1) is 6.92 Å². The van der Waals surface area contributed by atoms with Gasteiger partial charge in [-0.05, 0) is 51.2 Å². The summed E-state index contributed by atoms with van der Waals surface area (Å²) in [5, 5.41) is 2.99. The van der Waals surface area contributed by atoms with E-state index in [1.165, 1.54) is 19.3 Å². The molecule has 2 aliphatic rings. The number of carbonyl (C=O) groups excluding carboxylic acids is 1. The maximum Gasteiger partial charge on any atom is 0.229 e. The van der Waals surface area contributed by atoms with Gasteiger partial charge in [0.1, 0.15) is 5.52 Å². The lowest BCUT2D eigenvalue weighted by atomic mass is 9.93. The fourth-order valence-electron chi connectivity index (χ4n) is 3.71. The first-order valence-corrected chi connectivity index (χ1v) is 9.48. The van der Waals surface area contributed by atoms with Crippen LogP contribution in [-0.4, -0.2) is 33.2 Å². The van der Waals surface area contributed by atoms with E-state index in [9.17, 15) is 4.79 Å². The number of hydrogen-bond acceptors (Lipinski definition) is 4. The molecule has 142 valence electrons. The minimum atomic E-state index is -0.0365. The summed E-state index contributed by atoms with van der Waals surface area (Å²) in [5.74, 6) is 0.592. The molecule has 2 fully saturated rings. The Bertz CT molecular complexity index is 761. The number of nitrogens with zero attached hydrogens (tertiary/aromatic N) is 3. The number of imidazole rings is 1. The topological polar surface area (TPSA) is 69.0 Å². The zero-order valence-corrected chi connectivity index (χ0v) is 14.8. The van der Waals surface area contributed by atoms with Gasteiger partial charge in [-0.1, -0.05) is 20.3 Å². The summed E-state index contributed by atoms with van der Waals surface area (Å²) in [4.78, 5) is 21.6. The molecule has 0 aromatic carbocycles. The molecule has 26 heavy (non-hydrogen) atoms. The lowest BCUT2D eigenvalue weighted by molar-refractivity contribution is -0.117. The fourth-order valence-corrected chi connectivity index (χ4v) is 3.71. The molecule has 2 heterocycles. The molecule has 2 saturated carbocycles. The number of nitrogens with one attached hydrogen (secondary N) is 1. The molecule has 0 unspecified atom stereocenters. The minimum absolute atomic E-state index is 0. The van der Waals surface area contributed by atoms with Crippen molar-refractivity contribution in [1.82, 2.24) is 14.5 Å². The molecule has 0 radical (unpaired) electrons. The van der Waals surface area contributed by atoms with E-state index in [1.54, 1.807) is 0 Å². The largest absolute Gasteiger partial charge is 0.378 e. The van der Waals surface area contributed by atoms with E-state index >= 15 is 0 Å². The van der Waals surface area contributed by atoms with Crippen LogP contribution in [0.2, 0.25) is 0 Å². The first-order chi connectivity index (χ1) is 12.2. The van der Waals surface area contributed by atoms with Crippen LogP contribution in [-0.2, 0) is 9.53 Å². The van der Waals surface area contributed by atoms with Gasteiger partial charge in [0.15, 0.2) is 5.65 Å². The third-order valence-corrected chi connectivity index (χ3v) is 5.35.